The second-order valence-electron chi connectivity index (χ2n) is 7.17. The Morgan fingerprint density at radius 3 is 2.86 bits per heavy atom. The third kappa shape index (κ3) is 4.25. The van der Waals surface area contributed by atoms with Crippen LogP contribution in [-0.4, -0.2) is 41.2 Å². The summed E-state index contributed by atoms with van der Waals surface area (Å²) in [7, 11) is 0. The Bertz CT molecular complexity index is 955. The molecule has 1 aliphatic heterocycles. The number of thiophene rings is 1. The molecule has 7 heteroatoms. The van der Waals surface area contributed by atoms with E-state index in [2.05, 4.69) is 14.9 Å². The van der Waals surface area contributed by atoms with Gasteiger partial charge < -0.3 is 14.4 Å². The number of esters is 1. The molecular weight excluding hydrogens is 374 g/mol. The highest BCUT2D eigenvalue weighted by atomic mass is 32.1. The van der Waals surface area contributed by atoms with E-state index in [1.54, 1.807) is 17.7 Å². The number of carbonyl (C=O) groups excluding carboxylic acids is 1. The standard InChI is InChI=1S/C21H23N3O3S/c1-14(2)26-16-5-3-15(4-6-16)11-19(25)27-17-7-9-24(12-17)20-18-8-10-28-21(18)23-13-22-20/h3-6,8,10,13-14,17H,7,9,11-12H2,1-2H3. The molecule has 0 saturated carbocycles. The van der Waals surface area contributed by atoms with Crippen molar-refractivity contribution < 1.29 is 14.3 Å². The van der Waals surface area contributed by atoms with Gasteiger partial charge in [-0.2, -0.15) is 0 Å². The number of fused-ring (bicyclic) bond motifs is 1. The van der Waals surface area contributed by atoms with E-state index in [0.29, 0.717) is 6.54 Å². The lowest BCUT2D eigenvalue weighted by molar-refractivity contribution is -0.147. The van der Waals surface area contributed by atoms with E-state index < -0.39 is 0 Å². The third-order valence-electron chi connectivity index (χ3n) is 4.63. The van der Waals surface area contributed by atoms with Gasteiger partial charge in [0.05, 0.1) is 24.5 Å². The maximum absolute atomic E-state index is 12.3. The molecule has 2 aromatic heterocycles. The van der Waals surface area contributed by atoms with Crippen molar-refractivity contribution in [2.75, 3.05) is 18.0 Å². The molecule has 146 valence electrons. The van der Waals surface area contributed by atoms with Crippen LogP contribution in [0.15, 0.2) is 42.0 Å². The van der Waals surface area contributed by atoms with E-state index in [1.807, 2.05) is 49.6 Å². The zero-order valence-electron chi connectivity index (χ0n) is 16.0. The highest BCUT2D eigenvalue weighted by molar-refractivity contribution is 7.16. The molecule has 1 saturated heterocycles. The number of nitrogens with zero attached hydrogens (tertiary/aromatic N) is 3. The van der Waals surface area contributed by atoms with Crippen molar-refractivity contribution in [3.05, 3.63) is 47.6 Å². The number of benzene rings is 1. The Balaban J connectivity index is 1.33. The van der Waals surface area contributed by atoms with Gasteiger partial charge in [0.25, 0.3) is 0 Å². The van der Waals surface area contributed by atoms with Gasteiger partial charge in [0, 0.05) is 13.0 Å². The Labute approximate surface area is 168 Å². The summed E-state index contributed by atoms with van der Waals surface area (Å²) in [6.45, 7) is 5.46. The van der Waals surface area contributed by atoms with Crippen LogP contribution >= 0.6 is 11.3 Å². The second kappa shape index (κ2) is 8.14. The van der Waals surface area contributed by atoms with Crippen molar-refractivity contribution in [3.63, 3.8) is 0 Å². The van der Waals surface area contributed by atoms with Crippen molar-refractivity contribution in [2.45, 2.75) is 38.9 Å². The maximum atomic E-state index is 12.3. The molecule has 0 aliphatic carbocycles. The highest BCUT2D eigenvalue weighted by Crippen LogP contribution is 2.29. The SMILES string of the molecule is CC(C)Oc1ccc(CC(=O)OC2CCN(c3ncnc4sccc34)C2)cc1. The highest BCUT2D eigenvalue weighted by Gasteiger charge is 2.27. The number of carbonyl (C=O) groups is 1. The fourth-order valence-electron chi connectivity index (χ4n) is 3.40. The van der Waals surface area contributed by atoms with Crippen LogP contribution in [0, 0.1) is 0 Å². The average molecular weight is 398 g/mol. The zero-order valence-corrected chi connectivity index (χ0v) is 16.8. The first kappa shape index (κ1) is 18.7. The molecule has 0 N–H and O–H groups in total. The molecule has 1 fully saturated rings. The quantitative estimate of drug-likeness (QED) is 0.589. The first-order valence-electron chi connectivity index (χ1n) is 9.46. The van der Waals surface area contributed by atoms with Crippen molar-refractivity contribution in [3.8, 4) is 5.75 Å². The van der Waals surface area contributed by atoms with Gasteiger partial charge in [-0.3, -0.25) is 4.79 Å². The van der Waals surface area contributed by atoms with Crippen LogP contribution in [0.3, 0.4) is 0 Å². The van der Waals surface area contributed by atoms with Gasteiger partial charge in [-0.05, 0) is 43.0 Å². The number of aromatic nitrogens is 2. The topological polar surface area (TPSA) is 64.6 Å². The Hall–Kier alpha value is -2.67. The summed E-state index contributed by atoms with van der Waals surface area (Å²) < 4.78 is 11.3. The van der Waals surface area contributed by atoms with Crippen molar-refractivity contribution in [1.82, 2.24) is 9.97 Å². The van der Waals surface area contributed by atoms with Crippen LogP contribution in [0.2, 0.25) is 0 Å². The minimum Gasteiger partial charge on any atom is -0.491 e. The van der Waals surface area contributed by atoms with E-state index >= 15 is 0 Å². The van der Waals surface area contributed by atoms with Crippen LogP contribution in [0.5, 0.6) is 5.75 Å². The Kier molecular flexibility index (Phi) is 5.43. The fraction of sp³-hybridized carbons (Fsp3) is 0.381. The zero-order chi connectivity index (χ0) is 19.5. The van der Waals surface area contributed by atoms with Crippen LogP contribution in [0.1, 0.15) is 25.8 Å². The molecule has 0 spiro atoms. The molecule has 1 aromatic carbocycles. The summed E-state index contributed by atoms with van der Waals surface area (Å²) in [5.41, 5.74) is 0.923. The van der Waals surface area contributed by atoms with Gasteiger partial charge in [-0.1, -0.05) is 12.1 Å². The predicted molar refractivity (Wildman–Crippen MR) is 110 cm³/mol. The van der Waals surface area contributed by atoms with Crippen molar-refractivity contribution in [2.24, 2.45) is 0 Å². The lowest BCUT2D eigenvalue weighted by Crippen LogP contribution is -2.26. The molecule has 0 amide bonds. The molecular formula is C21H23N3O3S. The van der Waals surface area contributed by atoms with Crippen molar-refractivity contribution >= 4 is 33.3 Å². The summed E-state index contributed by atoms with van der Waals surface area (Å²) in [5.74, 6) is 1.53. The summed E-state index contributed by atoms with van der Waals surface area (Å²) in [4.78, 5) is 24.2. The minimum absolute atomic E-state index is 0.111. The molecule has 0 bridgehead atoms. The average Bonchev–Trinajstić information content (AvgIpc) is 3.32. The number of rotatable bonds is 6. The van der Waals surface area contributed by atoms with E-state index in [4.69, 9.17) is 9.47 Å². The number of hydrogen-bond acceptors (Lipinski definition) is 7. The number of anilines is 1. The molecule has 4 rings (SSSR count). The summed E-state index contributed by atoms with van der Waals surface area (Å²) in [6, 6.07) is 9.64. The van der Waals surface area contributed by atoms with E-state index in [1.165, 1.54) is 0 Å². The van der Waals surface area contributed by atoms with E-state index in [0.717, 1.165) is 40.3 Å². The Morgan fingerprint density at radius 1 is 1.25 bits per heavy atom. The van der Waals surface area contributed by atoms with Gasteiger partial charge in [0.1, 0.15) is 28.8 Å². The smallest absolute Gasteiger partial charge is 0.310 e. The summed E-state index contributed by atoms with van der Waals surface area (Å²) in [5, 5.41) is 3.08. The lowest BCUT2D eigenvalue weighted by atomic mass is 10.1. The fourth-order valence-corrected chi connectivity index (χ4v) is 4.13. The molecule has 1 unspecified atom stereocenters. The van der Waals surface area contributed by atoms with Gasteiger partial charge >= 0.3 is 5.97 Å². The van der Waals surface area contributed by atoms with Crippen LogP contribution in [0.4, 0.5) is 5.82 Å². The van der Waals surface area contributed by atoms with Crippen LogP contribution < -0.4 is 9.64 Å². The normalized spacial score (nSPS) is 16.7. The maximum Gasteiger partial charge on any atom is 0.310 e. The van der Waals surface area contributed by atoms with Gasteiger partial charge in [0.15, 0.2) is 0 Å². The molecule has 28 heavy (non-hydrogen) atoms. The van der Waals surface area contributed by atoms with Crippen LogP contribution in [0.25, 0.3) is 10.2 Å². The largest absolute Gasteiger partial charge is 0.491 e. The lowest BCUT2D eigenvalue weighted by Gasteiger charge is -2.18. The van der Waals surface area contributed by atoms with Gasteiger partial charge in [-0.15, -0.1) is 11.3 Å². The van der Waals surface area contributed by atoms with E-state index in [-0.39, 0.29) is 24.6 Å². The first-order valence-corrected chi connectivity index (χ1v) is 10.3. The van der Waals surface area contributed by atoms with Gasteiger partial charge in [-0.25, -0.2) is 9.97 Å². The minimum atomic E-state index is -0.201. The summed E-state index contributed by atoms with van der Waals surface area (Å²) in [6.07, 6.45) is 2.69. The molecule has 1 aliphatic rings. The number of hydrogen-bond donors (Lipinski definition) is 0. The van der Waals surface area contributed by atoms with Crippen LogP contribution in [-0.2, 0) is 16.0 Å². The molecule has 6 nitrogen and oxygen atoms in total. The van der Waals surface area contributed by atoms with E-state index in [9.17, 15) is 4.79 Å². The predicted octanol–water partition coefficient (Wildman–Crippen LogP) is 3.84. The Morgan fingerprint density at radius 2 is 2.07 bits per heavy atom. The van der Waals surface area contributed by atoms with Crippen molar-refractivity contribution in [1.29, 1.82) is 0 Å². The molecule has 3 aromatic rings. The third-order valence-corrected chi connectivity index (χ3v) is 5.45. The molecule has 3 heterocycles. The first-order chi connectivity index (χ1) is 13.6. The molecule has 0 radical (unpaired) electrons. The number of ether oxygens (including phenoxy) is 2. The molecule has 1 atom stereocenters. The summed E-state index contributed by atoms with van der Waals surface area (Å²) >= 11 is 1.60. The second-order valence-corrected chi connectivity index (χ2v) is 8.07. The monoisotopic (exact) mass is 397 g/mol. The van der Waals surface area contributed by atoms with Gasteiger partial charge in [0.2, 0.25) is 0 Å².